The quantitative estimate of drug-likeness (QED) is 0.488. The number of nitrogens with two attached hydrogens (primary N) is 1. The highest BCUT2D eigenvalue weighted by atomic mass is 32.2. The fourth-order valence-corrected chi connectivity index (χ4v) is 2.14. The summed E-state index contributed by atoms with van der Waals surface area (Å²) < 4.78 is 0. The first kappa shape index (κ1) is 11.7. The van der Waals surface area contributed by atoms with E-state index in [0.29, 0.717) is 11.7 Å². The maximum absolute atomic E-state index is 5.66. The van der Waals surface area contributed by atoms with E-state index in [2.05, 4.69) is 23.8 Å². The third kappa shape index (κ3) is 3.75. The maximum Gasteiger partial charge on any atom is 0.190 e. The summed E-state index contributed by atoms with van der Waals surface area (Å²) in [7, 11) is 0. The van der Waals surface area contributed by atoms with E-state index in [4.69, 9.17) is 5.73 Å². The van der Waals surface area contributed by atoms with E-state index in [0.717, 1.165) is 15.9 Å². The van der Waals surface area contributed by atoms with Gasteiger partial charge in [0.1, 0.15) is 10.8 Å². The Labute approximate surface area is 93.3 Å². The number of aromatic nitrogens is 2. The zero-order valence-corrected chi connectivity index (χ0v) is 10.3. The number of rotatable bonds is 4. The van der Waals surface area contributed by atoms with Crippen LogP contribution >= 0.6 is 23.5 Å². The van der Waals surface area contributed by atoms with Gasteiger partial charge in [0.25, 0.3) is 0 Å². The molecule has 0 saturated heterocycles. The molecule has 0 amide bonds. The van der Waals surface area contributed by atoms with Crippen molar-refractivity contribution in [2.45, 2.75) is 24.0 Å². The molecule has 0 atom stereocenters. The molecule has 0 aliphatic rings. The van der Waals surface area contributed by atoms with Crippen molar-refractivity contribution in [3.05, 3.63) is 6.07 Å². The highest BCUT2D eigenvalue weighted by Crippen LogP contribution is 2.22. The molecule has 1 rings (SSSR count). The lowest BCUT2D eigenvalue weighted by atomic mass is 10.3. The van der Waals surface area contributed by atoms with Crippen molar-refractivity contribution in [2.75, 3.05) is 17.7 Å². The van der Waals surface area contributed by atoms with Gasteiger partial charge in [0, 0.05) is 11.8 Å². The number of nitrogens with zero attached hydrogens (tertiary/aromatic N) is 2. The molecule has 1 aromatic rings. The molecule has 0 bridgehead atoms. The third-order valence-corrected chi connectivity index (χ3v) is 3.34. The molecule has 0 fully saturated rings. The molecule has 0 aliphatic carbocycles. The molecule has 2 N–H and O–H groups in total. The summed E-state index contributed by atoms with van der Waals surface area (Å²) in [4.78, 5) is 8.45. The lowest BCUT2D eigenvalue weighted by molar-refractivity contribution is 0.748. The van der Waals surface area contributed by atoms with Crippen LogP contribution in [-0.4, -0.2) is 22.0 Å². The van der Waals surface area contributed by atoms with Crippen LogP contribution in [0.4, 0.5) is 5.82 Å². The smallest absolute Gasteiger partial charge is 0.190 e. The van der Waals surface area contributed by atoms with Gasteiger partial charge < -0.3 is 5.73 Å². The van der Waals surface area contributed by atoms with Crippen molar-refractivity contribution in [1.82, 2.24) is 9.97 Å². The highest BCUT2D eigenvalue weighted by Gasteiger charge is 2.03. The van der Waals surface area contributed by atoms with E-state index in [1.165, 1.54) is 11.8 Å². The minimum absolute atomic E-state index is 0.551. The summed E-state index contributed by atoms with van der Waals surface area (Å²) in [6.07, 6.45) is 1.95. The van der Waals surface area contributed by atoms with Crippen LogP contribution in [-0.2, 0) is 0 Å². The molecular formula is C9H15N3S2. The predicted molar refractivity (Wildman–Crippen MR) is 63.8 cm³/mol. The first-order valence-electron chi connectivity index (χ1n) is 4.43. The topological polar surface area (TPSA) is 51.8 Å². The molecular weight excluding hydrogens is 214 g/mol. The number of hydrogen-bond donors (Lipinski definition) is 1. The number of anilines is 1. The number of thioether (sulfide) groups is 2. The summed E-state index contributed by atoms with van der Waals surface area (Å²) >= 11 is 3.24. The molecule has 0 unspecified atom stereocenters. The Morgan fingerprint density at radius 1 is 1.43 bits per heavy atom. The standard InChI is InChI=1S/C9H15N3S2/c1-6(2)5-14-8-4-7(10)11-9(12-8)13-3/h4,6H,5H2,1-3H3,(H2,10,11,12). The monoisotopic (exact) mass is 229 g/mol. The largest absolute Gasteiger partial charge is 0.384 e. The predicted octanol–water partition coefficient (Wildman–Crippen LogP) is 2.53. The fourth-order valence-electron chi connectivity index (χ4n) is 0.838. The minimum Gasteiger partial charge on any atom is -0.384 e. The van der Waals surface area contributed by atoms with Crippen LogP contribution in [0, 0.1) is 5.92 Å². The molecule has 5 heteroatoms. The maximum atomic E-state index is 5.66. The fraction of sp³-hybridized carbons (Fsp3) is 0.556. The van der Waals surface area contributed by atoms with Gasteiger partial charge >= 0.3 is 0 Å². The number of hydrogen-bond acceptors (Lipinski definition) is 5. The Balaban J connectivity index is 2.71. The van der Waals surface area contributed by atoms with Crippen molar-refractivity contribution in [2.24, 2.45) is 5.92 Å². The summed E-state index contributed by atoms with van der Waals surface area (Å²) in [5.41, 5.74) is 5.66. The zero-order chi connectivity index (χ0) is 10.6. The van der Waals surface area contributed by atoms with Crippen LogP contribution in [0.2, 0.25) is 0 Å². The Morgan fingerprint density at radius 3 is 2.71 bits per heavy atom. The van der Waals surface area contributed by atoms with E-state index in [1.807, 2.05) is 12.3 Å². The zero-order valence-electron chi connectivity index (χ0n) is 8.65. The Hall–Kier alpha value is -0.420. The second-order valence-electron chi connectivity index (χ2n) is 3.32. The van der Waals surface area contributed by atoms with Gasteiger partial charge in [-0.05, 0) is 12.2 Å². The van der Waals surface area contributed by atoms with Crippen LogP contribution in [0.3, 0.4) is 0 Å². The van der Waals surface area contributed by atoms with Gasteiger partial charge in [0.05, 0.1) is 0 Å². The van der Waals surface area contributed by atoms with Gasteiger partial charge in [-0.2, -0.15) is 0 Å². The normalized spacial score (nSPS) is 10.9. The van der Waals surface area contributed by atoms with Gasteiger partial charge in [-0.25, -0.2) is 9.97 Å². The summed E-state index contributed by atoms with van der Waals surface area (Å²) in [5.74, 6) is 2.27. The summed E-state index contributed by atoms with van der Waals surface area (Å²) in [6.45, 7) is 4.38. The summed E-state index contributed by atoms with van der Waals surface area (Å²) in [5, 5.41) is 1.71. The van der Waals surface area contributed by atoms with Crippen LogP contribution in [0.1, 0.15) is 13.8 Å². The van der Waals surface area contributed by atoms with Gasteiger partial charge in [-0.1, -0.05) is 25.6 Å². The van der Waals surface area contributed by atoms with Crippen molar-refractivity contribution in [3.8, 4) is 0 Å². The van der Waals surface area contributed by atoms with E-state index in [-0.39, 0.29) is 0 Å². The average Bonchev–Trinajstić information content (AvgIpc) is 2.14. The van der Waals surface area contributed by atoms with E-state index in [9.17, 15) is 0 Å². The van der Waals surface area contributed by atoms with Crippen LogP contribution in [0.5, 0.6) is 0 Å². The second-order valence-corrected chi connectivity index (χ2v) is 5.14. The lowest BCUT2D eigenvalue weighted by Gasteiger charge is -2.05. The SMILES string of the molecule is CSc1nc(N)cc(SCC(C)C)n1. The first-order valence-corrected chi connectivity index (χ1v) is 6.64. The Kier molecular flexibility index (Phi) is 4.54. The molecule has 0 spiro atoms. The van der Waals surface area contributed by atoms with Gasteiger partial charge in [-0.15, -0.1) is 11.8 Å². The highest BCUT2D eigenvalue weighted by molar-refractivity contribution is 7.99. The van der Waals surface area contributed by atoms with E-state index in [1.54, 1.807) is 11.8 Å². The van der Waals surface area contributed by atoms with Crippen molar-refractivity contribution < 1.29 is 0 Å². The molecule has 0 saturated carbocycles. The van der Waals surface area contributed by atoms with E-state index < -0.39 is 0 Å². The molecule has 0 aromatic carbocycles. The van der Waals surface area contributed by atoms with E-state index >= 15 is 0 Å². The number of nitrogen functional groups attached to an aromatic ring is 1. The lowest BCUT2D eigenvalue weighted by Crippen LogP contribution is -1.97. The first-order chi connectivity index (χ1) is 6.61. The molecule has 3 nitrogen and oxygen atoms in total. The molecule has 1 heterocycles. The Morgan fingerprint density at radius 2 is 2.14 bits per heavy atom. The molecule has 0 radical (unpaired) electrons. The van der Waals surface area contributed by atoms with Crippen LogP contribution in [0.15, 0.2) is 16.2 Å². The van der Waals surface area contributed by atoms with Gasteiger partial charge in [0.15, 0.2) is 5.16 Å². The second kappa shape index (κ2) is 5.46. The molecule has 78 valence electrons. The van der Waals surface area contributed by atoms with Crippen molar-refractivity contribution in [3.63, 3.8) is 0 Å². The van der Waals surface area contributed by atoms with Gasteiger partial charge in [-0.3, -0.25) is 0 Å². The average molecular weight is 229 g/mol. The van der Waals surface area contributed by atoms with Crippen LogP contribution in [0.25, 0.3) is 0 Å². The van der Waals surface area contributed by atoms with Crippen molar-refractivity contribution >= 4 is 29.3 Å². The molecule has 0 aliphatic heterocycles. The third-order valence-electron chi connectivity index (χ3n) is 1.45. The Bertz CT molecular complexity index is 302. The van der Waals surface area contributed by atoms with Crippen molar-refractivity contribution in [1.29, 1.82) is 0 Å². The molecule has 1 aromatic heterocycles. The summed E-state index contributed by atoms with van der Waals surface area (Å²) in [6, 6.07) is 1.83. The van der Waals surface area contributed by atoms with Crippen LogP contribution < -0.4 is 5.73 Å². The minimum atomic E-state index is 0.551. The molecule has 14 heavy (non-hydrogen) atoms. The van der Waals surface area contributed by atoms with Gasteiger partial charge in [0.2, 0.25) is 0 Å².